The molecule has 0 radical (unpaired) electrons. The second-order valence-corrected chi connectivity index (χ2v) is 4.40. The van der Waals surface area contributed by atoms with Gasteiger partial charge in [-0.1, -0.05) is 12.1 Å². The highest BCUT2D eigenvalue weighted by Gasteiger charge is 2.09. The van der Waals surface area contributed by atoms with Crippen molar-refractivity contribution < 1.29 is 4.74 Å². The first-order chi connectivity index (χ1) is 9.10. The molecule has 96 valence electrons. The van der Waals surface area contributed by atoms with Crippen LogP contribution in [0.3, 0.4) is 0 Å². The molecule has 4 heteroatoms. The molecule has 0 bridgehead atoms. The Kier molecular flexibility index (Phi) is 3.67. The molecule has 0 spiro atoms. The molecule has 1 aromatic carbocycles. The molecule has 0 unspecified atom stereocenters. The summed E-state index contributed by atoms with van der Waals surface area (Å²) < 4.78 is 5.64. The Morgan fingerprint density at radius 2 is 1.95 bits per heavy atom. The largest absolute Gasteiger partial charge is 0.472 e. The molecule has 2 N–H and O–H groups in total. The monoisotopic (exact) mass is 253 g/mol. The van der Waals surface area contributed by atoms with Gasteiger partial charge in [0, 0.05) is 11.4 Å². The van der Waals surface area contributed by atoms with Gasteiger partial charge in [0.1, 0.15) is 18.2 Å². The summed E-state index contributed by atoms with van der Waals surface area (Å²) in [7, 11) is 0. The second-order valence-electron chi connectivity index (χ2n) is 4.40. The highest BCUT2D eigenvalue weighted by atomic mass is 16.5. The fourth-order valence-electron chi connectivity index (χ4n) is 1.81. The zero-order valence-electron chi connectivity index (χ0n) is 11.0. The lowest BCUT2D eigenvalue weighted by Crippen LogP contribution is -2.02. The average Bonchev–Trinajstić information content (AvgIpc) is 2.37. The van der Waals surface area contributed by atoms with Crippen molar-refractivity contribution in [3.8, 4) is 11.9 Å². The Morgan fingerprint density at radius 1 is 1.26 bits per heavy atom. The minimum Gasteiger partial charge on any atom is -0.472 e. The molecule has 1 aromatic heterocycles. The van der Waals surface area contributed by atoms with E-state index in [1.54, 1.807) is 0 Å². The maximum absolute atomic E-state index is 9.14. The lowest BCUT2D eigenvalue weighted by Gasteiger charge is -2.09. The summed E-state index contributed by atoms with van der Waals surface area (Å²) in [4.78, 5) is 4.27. The molecular weight excluding hydrogens is 238 g/mol. The molecule has 2 rings (SSSR count). The standard InChI is InChI=1S/C15H15N3O/c1-10-7-11(2)18-15(14(10)8-16)19-9-12-3-5-13(17)6-4-12/h3-7H,9,17H2,1-2H3. The van der Waals surface area contributed by atoms with Crippen LogP contribution in [0.15, 0.2) is 30.3 Å². The number of nitrogens with two attached hydrogens (primary N) is 1. The zero-order valence-corrected chi connectivity index (χ0v) is 11.0. The molecule has 0 aliphatic carbocycles. The number of pyridine rings is 1. The van der Waals surface area contributed by atoms with E-state index in [2.05, 4.69) is 11.1 Å². The average molecular weight is 253 g/mol. The van der Waals surface area contributed by atoms with Crippen molar-refractivity contribution in [2.45, 2.75) is 20.5 Å². The SMILES string of the molecule is Cc1cc(C)c(C#N)c(OCc2ccc(N)cc2)n1. The van der Waals surface area contributed by atoms with Crippen LogP contribution in [0.2, 0.25) is 0 Å². The van der Waals surface area contributed by atoms with E-state index in [1.807, 2.05) is 44.2 Å². The molecule has 0 atom stereocenters. The van der Waals surface area contributed by atoms with Crippen LogP contribution in [0.1, 0.15) is 22.4 Å². The van der Waals surface area contributed by atoms with E-state index in [1.165, 1.54) is 0 Å². The number of rotatable bonds is 3. The minimum absolute atomic E-state index is 0.366. The van der Waals surface area contributed by atoms with E-state index >= 15 is 0 Å². The Balaban J connectivity index is 2.20. The van der Waals surface area contributed by atoms with E-state index in [9.17, 15) is 0 Å². The quantitative estimate of drug-likeness (QED) is 0.854. The summed E-state index contributed by atoms with van der Waals surface area (Å²) >= 11 is 0. The van der Waals surface area contributed by atoms with E-state index in [0.717, 1.165) is 16.8 Å². The highest BCUT2D eigenvalue weighted by Crippen LogP contribution is 2.21. The summed E-state index contributed by atoms with van der Waals surface area (Å²) in [6.45, 7) is 4.12. The van der Waals surface area contributed by atoms with E-state index < -0.39 is 0 Å². The number of anilines is 1. The first-order valence-electron chi connectivity index (χ1n) is 5.95. The number of ether oxygens (including phenoxy) is 1. The zero-order chi connectivity index (χ0) is 13.8. The molecule has 0 saturated carbocycles. The topological polar surface area (TPSA) is 71.9 Å². The number of hydrogen-bond acceptors (Lipinski definition) is 4. The molecule has 0 amide bonds. The van der Waals surface area contributed by atoms with Crippen LogP contribution in [0.25, 0.3) is 0 Å². The molecular formula is C15H15N3O. The van der Waals surface area contributed by atoms with Gasteiger partial charge in [0.15, 0.2) is 0 Å². The minimum atomic E-state index is 0.366. The van der Waals surface area contributed by atoms with Crippen molar-refractivity contribution in [1.29, 1.82) is 5.26 Å². The summed E-state index contributed by atoms with van der Waals surface area (Å²) in [6, 6.07) is 11.4. The Hall–Kier alpha value is -2.54. The number of nitrogens with zero attached hydrogens (tertiary/aromatic N) is 2. The number of aryl methyl sites for hydroxylation is 2. The van der Waals surface area contributed by atoms with Gasteiger partial charge in [0.05, 0.1) is 0 Å². The van der Waals surface area contributed by atoms with Gasteiger partial charge in [-0.2, -0.15) is 5.26 Å². The van der Waals surface area contributed by atoms with Crippen molar-refractivity contribution >= 4 is 5.69 Å². The van der Waals surface area contributed by atoms with Crippen LogP contribution >= 0.6 is 0 Å². The molecule has 2 aromatic rings. The Morgan fingerprint density at radius 3 is 2.58 bits per heavy atom. The smallest absolute Gasteiger partial charge is 0.232 e. The molecule has 4 nitrogen and oxygen atoms in total. The predicted octanol–water partition coefficient (Wildman–Crippen LogP) is 2.73. The molecule has 1 heterocycles. The molecule has 0 fully saturated rings. The maximum Gasteiger partial charge on any atom is 0.232 e. The van der Waals surface area contributed by atoms with Gasteiger partial charge >= 0.3 is 0 Å². The van der Waals surface area contributed by atoms with Gasteiger partial charge in [-0.3, -0.25) is 0 Å². The predicted molar refractivity (Wildman–Crippen MR) is 73.6 cm³/mol. The second kappa shape index (κ2) is 5.40. The van der Waals surface area contributed by atoms with Gasteiger partial charge in [0.25, 0.3) is 0 Å². The van der Waals surface area contributed by atoms with E-state index in [0.29, 0.717) is 23.7 Å². The molecule has 0 saturated heterocycles. The summed E-state index contributed by atoms with van der Waals surface area (Å²) in [5, 5.41) is 9.14. The van der Waals surface area contributed by atoms with Gasteiger partial charge in [-0.25, -0.2) is 4.98 Å². The first-order valence-corrected chi connectivity index (χ1v) is 5.95. The molecule has 0 aliphatic rings. The number of aromatic nitrogens is 1. The van der Waals surface area contributed by atoms with Crippen LogP contribution in [-0.4, -0.2) is 4.98 Å². The third-order valence-corrected chi connectivity index (χ3v) is 2.78. The van der Waals surface area contributed by atoms with Gasteiger partial charge in [-0.15, -0.1) is 0 Å². The third kappa shape index (κ3) is 3.02. The fourth-order valence-corrected chi connectivity index (χ4v) is 1.81. The fraction of sp³-hybridized carbons (Fsp3) is 0.200. The normalized spacial score (nSPS) is 9.95. The molecule has 0 aliphatic heterocycles. The number of nitrogen functional groups attached to an aromatic ring is 1. The Bertz CT molecular complexity index is 627. The van der Waals surface area contributed by atoms with Gasteiger partial charge in [0.2, 0.25) is 5.88 Å². The van der Waals surface area contributed by atoms with Crippen molar-refractivity contribution in [3.05, 3.63) is 52.7 Å². The van der Waals surface area contributed by atoms with E-state index in [-0.39, 0.29) is 0 Å². The summed E-state index contributed by atoms with van der Waals surface area (Å²) in [5.41, 5.74) is 9.52. The Labute approximate surface area is 112 Å². The van der Waals surface area contributed by atoms with Crippen molar-refractivity contribution in [2.24, 2.45) is 0 Å². The van der Waals surface area contributed by atoms with Crippen LogP contribution in [0.5, 0.6) is 5.88 Å². The first kappa shape index (κ1) is 12.9. The lowest BCUT2D eigenvalue weighted by molar-refractivity contribution is 0.292. The summed E-state index contributed by atoms with van der Waals surface area (Å²) in [5.74, 6) is 0.386. The maximum atomic E-state index is 9.14. The number of nitriles is 1. The molecule has 19 heavy (non-hydrogen) atoms. The lowest BCUT2D eigenvalue weighted by atomic mass is 10.1. The van der Waals surface area contributed by atoms with Crippen molar-refractivity contribution in [2.75, 3.05) is 5.73 Å². The van der Waals surface area contributed by atoms with Crippen LogP contribution in [0, 0.1) is 25.2 Å². The van der Waals surface area contributed by atoms with Crippen molar-refractivity contribution in [1.82, 2.24) is 4.98 Å². The van der Waals surface area contributed by atoms with Crippen LogP contribution in [0.4, 0.5) is 5.69 Å². The van der Waals surface area contributed by atoms with Crippen molar-refractivity contribution in [3.63, 3.8) is 0 Å². The summed E-state index contributed by atoms with van der Waals surface area (Å²) in [6.07, 6.45) is 0. The van der Waals surface area contributed by atoms with Crippen LogP contribution < -0.4 is 10.5 Å². The number of hydrogen-bond donors (Lipinski definition) is 1. The highest BCUT2D eigenvalue weighted by molar-refractivity contribution is 5.45. The van der Waals surface area contributed by atoms with Gasteiger partial charge in [-0.05, 0) is 43.2 Å². The third-order valence-electron chi connectivity index (χ3n) is 2.78. The van der Waals surface area contributed by atoms with Gasteiger partial charge < -0.3 is 10.5 Å². The van der Waals surface area contributed by atoms with Crippen LogP contribution in [-0.2, 0) is 6.61 Å². The number of benzene rings is 1. The van der Waals surface area contributed by atoms with E-state index in [4.69, 9.17) is 15.7 Å².